The average molecular weight is 357 g/mol. The number of rotatable bonds is 6. The molecule has 2 aromatic rings. The number of benzene rings is 1. The van der Waals surface area contributed by atoms with Gasteiger partial charge in [0.05, 0.1) is 17.5 Å². The van der Waals surface area contributed by atoms with Crippen molar-refractivity contribution in [3.63, 3.8) is 0 Å². The summed E-state index contributed by atoms with van der Waals surface area (Å²) in [4.78, 5) is 12.6. The van der Waals surface area contributed by atoms with E-state index in [-0.39, 0.29) is 18.1 Å². The van der Waals surface area contributed by atoms with Crippen LogP contribution in [-0.4, -0.2) is 46.1 Å². The third-order valence-electron chi connectivity index (χ3n) is 4.44. The monoisotopic (exact) mass is 357 g/mol. The van der Waals surface area contributed by atoms with Crippen LogP contribution in [0.4, 0.5) is 0 Å². The van der Waals surface area contributed by atoms with Gasteiger partial charge < -0.3 is 15.4 Å². The summed E-state index contributed by atoms with van der Waals surface area (Å²) in [5.74, 6) is 0.672. The molecule has 0 spiro atoms. The molecule has 1 saturated heterocycles. The number of hydrogen-bond donors (Lipinski definition) is 2. The minimum Gasteiger partial charge on any atom is -0.491 e. The lowest BCUT2D eigenvalue weighted by atomic mass is 10.1. The molecule has 2 N–H and O–H groups in total. The summed E-state index contributed by atoms with van der Waals surface area (Å²) in [5, 5.41) is 14.8. The average Bonchev–Trinajstić information content (AvgIpc) is 3.07. The van der Waals surface area contributed by atoms with Crippen LogP contribution < -0.4 is 15.4 Å². The molecule has 1 aromatic carbocycles. The standard InChI is InChI=1S/C19H27N5O2/c1-4-17-18(19(25)21-14-9-11-20-12-10-14)22-23-24(17)15-5-7-16(8-6-15)26-13(2)3/h5-8,13-14,20H,4,9-12H2,1-3H3,(H,21,25). The van der Waals surface area contributed by atoms with Gasteiger partial charge in [0.25, 0.3) is 5.91 Å². The lowest BCUT2D eigenvalue weighted by molar-refractivity contribution is 0.0923. The molecule has 1 aliphatic rings. The lowest BCUT2D eigenvalue weighted by Gasteiger charge is -2.23. The minimum atomic E-state index is -0.139. The Morgan fingerprint density at radius 3 is 2.62 bits per heavy atom. The first-order valence-electron chi connectivity index (χ1n) is 9.31. The number of hydrogen-bond acceptors (Lipinski definition) is 5. The molecule has 1 amide bonds. The van der Waals surface area contributed by atoms with Gasteiger partial charge in [0, 0.05) is 6.04 Å². The van der Waals surface area contributed by atoms with Gasteiger partial charge in [-0.25, -0.2) is 4.68 Å². The van der Waals surface area contributed by atoms with Gasteiger partial charge in [-0.2, -0.15) is 0 Å². The van der Waals surface area contributed by atoms with Gasteiger partial charge >= 0.3 is 0 Å². The van der Waals surface area contributed by atoms with E-state index in [0.29, 0.717) is 12.1 Å². The second kappa shape index (κ2) is 8.31. The Morgan fingerprint density at radius 1 is 1.31 bits per heavy atom. The minimum absolute atomic E-state index is 0.128. The molecule has 26 heavy (non-hydrogen) atoms. The zero-order valence-corrected chi connectivity index (χ0v) is 15.7. The van der Waals surface area contributed by atoms with Gasteiger partial charge in [-0.3, -0.25) is 4.79 Å². The van der Waals surface area contributed by atoms with Gasteiger partial charge in [0.15, 0.2) is 5.69 Å². The number of ether oxygens (including phenoxy) is 1. The van der Waals surface area contributed by atoms with Crippen LogP contribution >= 0.6 is 0 Å². The molecule has 7 heteroatoms. The summed E-state index contributed by atoms with van der Waals surface area (Å²) < 4.78 is 7.41. The van der Waals surface area contributed by atoms with Crippen molar-refractivity contribution >= 4 is 5.91 Å². The number of aromatic nitrogens is 3. The molecule has 0 saturated carbocycles. The molecule has 7 nitrogen and oxygen atoms in total. The first-order chi connectivity index (χ1) is 12.6. The van der Waals surface area contributed by atoms with Gasteiger partial charge in [0.2, 0.25) is 0 Å². The van der Waals surface area contributed by atoms with Crippen LogP contribution in [0.2, 0.25) is 0 Å². The molecular weight excluding hydrogens is 330 g/mol. The molecular formula is C19H27N5O2. The van der Waals surface area contributed by atoms with E-state index >= 15 is 0 Å². The summed E-state index contributed by atoms with van der Waals surface area (Å²) in [6.07, 6.45) is 2.69. The Balaban J connectivity index is 1.78. The number of carbonyl (C=O) groups excluding carboxylic acids is 1. The molecule has 3 rings (SSSR count). The first-order valence-corrected chi connectivity index (χ1v) is 9.31. The molecule has 0 atom stereocenters. The molecule has 1 aromatic heterocycles. The molecule has 0 bridgehead atoms. The maximum atomic E-state index is 12.6. The highest BCUT2D eigenvalue weighted by atomic mass is 16.5. The number of piperidine rings is 1. The Bertz CT molecular complexity index is 733. The fraction of sp³-hybridized carbons (Fsp3) is 0.526. The predicted octanol–water partition coefficient (Wildman–Crippen LogP) is 2.10. The Hall–Kier alpha value is -2.41. The lowest BCUT2D eigenvalue weighted by Crippen LogP contribution is -2.43. The number of amides is 1. The molecule has 1 aliphatic heterocycles. The summed E-state index contributed by atoms with van der Waals surface area (Å²) in [6, 6.07) is 7.88. The van der Waals surface area contributed by atoms with Crippen LogP contribution in [0, 0.1) is 0 Å². The molecule has 2 heterocycles. The predicted molar refractivity (Wildman–Crippen MR) is 99.9 cm³/mol. The molecule has 0 aliphatic carbocycles. The highest BCUT2D eigenvalue weighted by molar-refractivity contribution is 5.93. The summed E-state index contributed by atoms with van der Waals surface area (Å²) in [6.45, 7) is 7.86. The van der Waals surface area contributed by atoms with Crippen molar-refractivity contribution in [2.75, 3.05) is 13.1 Å². The van der Waals surface area contributed by atoms with Crippen molar-refractivity contribution in [3.8, 4) is 11.4 Å². The smallest absolute Gasteiger partial charge is 0.273 e. The van der Waals surface area contributed by atoms with Crippen molar-refractivity contribution in [2.24, 2.45) is 0 Å². The van der Waals surface area contributed by atoms with E-state index in [9.17, 15) is 4.79 Å². The Morgan fingerprint density at radius 2 is 2.00 bits per heavy atom. The molecule has 0 unspecified atom stereocenters. The summed E-state index contributed by atoms with van der Waals surface area (Å²) >= 11 is 0. The molecule has 1 fully saturated rings. The van der Waals surface area contributed by atoms with Crippen molar-refractivity contribution < 1.29 is 9.53 Å². The zero-order chi connectivity index (χ0) is 18.5. The Labute approximate surface area is 154 Å². The normalized spacial score (nSPS) is 15.2. The van der Waals surface area contributed by atoms with Crippen molar-refractivity contribution in [3.05, 3.63) is 35.7 Å². The summed E-state index contributed by atoms with van der Waals surface area (Å²) in [5.41, 5.74) is 2.09. The van der Waals surface area contributed by atoms with Gasteiger partial charge in [-0.15, -0.1) is 5.10 Å². The highest BCUT2D eigenvalue weighted by Gasteiger charge is 2.22. The number of nitrogens with one attached hydrogen (secondary N) is 2. The SMILES string of the molecule is CCc1c(C(=O)NC2CCNCC2)nnn1-c1ccc(OC(C)C)cc1. The van der Waals surface area contributed by atoms with Crippen molar-refractivity contribution in [1.82, 2.24) is 25.6 Å². The fourth-order valence-corrected chi connectivity index (χ4v) is 3.16. The molecule has 140 valence electrons. The van der Waals surface area contributed by atoms with Crippen LogP contribution in [0.25, 0.3) is 5.69 Å². The second-order valence-electron chi connectivity index (χ2n) is 6.81. The van der Waals surface area contributed by atoms with Crippen LogP contribution in [0.15, 0.2) is 24.3 Å². The summed E-state index contributed by atoms with van der Waals surface area (Å²) in [7, 11) is 0. The Kier molecular flexibility index (Phi) is 5.88. The number of carbonyl (C=O) groups is 1. The topological polar surface area (TPSA) is 81.1 Å². The van der Waals surface area contributed by atoms with E-state index in [0.717, 1.165) is 43.1 Å². The molecule has 0 radical (unpaired) electrons. The van der Waals surface area contributed by atoms with E-state index in [1.807, 2.05) is 45.0 Å². The van der Waals surface area contributed by atoms with E-state index in [2.05, 4.69) is 20.9 Å². The van der Waals surface area contributed by atoms with Crippen LogP contribution in [0.5, 0.6) is 5.75 Å². The van der Waals surface area contributed by atoms with Gasteiger partial charge in [-0.1, -0.05) is 12.1 Å². The van der Waals surface area contributed by atoms with E-state index in [1.54, 1.807) is 4.68 Å². The third-order valence-corrected chi connectivity index (χ3v) is 4.44. The van der Waals surface area contributed by atoms with Crippen molar-refractivity contribution in [2.45, 2.75) is 52.2 Å². The first kappa shape index (κ1) is 18.4. The van der Waals surface area contributed by atoms with Crippen LogP contribution in [0.3, 0.4) is 0 Å². The van der Waals surface area contributed by atoms with Crippen LogP contribution in [-0.2, 0) is 6.42 Å². The largest absolute Gasteiger partial charge is 0.491 e. The second-order valence-corrected chi connectivity index (χ2v) is 6.81. The zero-order valence-electron chi connectivity index (χ0n) is 15.7. The van der Waals surface area contributed by atoms with E-state index < -0.39 is 0 Å². The van der Waals surface area contributed by atoms with E-state index in [4.69, 9.17) is 4.74 Å². The maximum Gasteiger partial charge on any atom is 0.273 e. The van der Waals surface area contributed by atoms with Gasteiger partial charge in [0.1, 0.15) is 5.75 Å². The van der Waals surface area contributed by atoms with Gasteiger partial charge in [-0.05, 0) is 70.5 Å². The quantitative estimate of drug-likeness (QED) is 0.827. The van der Waals surface area contributed by atoms with Crippen molar-refractivity contribution in [1.29, 1.82) is 0 Å². The third kappa shape index (κ3) is 4.22. The number of nitrogens with zero attached hydrogens (tertiary/aromatic N) is 3. The highest BCUT2D eigenvalue weighted by Crippen LogP contribution is 2.19. The van der Waals surface area contributed by atoms with E-state index in [1.165, 1.54) is 0 Å². The maximum absolute atomic E-state index is 12.6. The fourth-order valence-electron chi connectivity index (χ4n) is 3.16. The van der Waals surface area contributed by atoms with Crippen LogP contribution in [0.1, 0.15) is 49.8 Å².